The second kappa shape index (κ2) is 7.07. The van der Waals surface area contributed by atoms with E-state index in [1.54, 1.807) is 11.8 Å². The normalized spacial score (nSPS) is 13.0. The van der Waals surface area contributed by atoms with Crippen LogP contribution in [0.2, 0.25) is 0 Å². The molecular formula is C16H29N3O2. The molecule has 120 valence electrons. The van der Waals surface area contributed by atoms with E-state index in [0.717, 1.165) is 17.0 Å². The summed E-state index contributed by atoms with van der Waals surface area (Å²) in [7, 11) is 1.81. The van der Waals surface area contributed by atoms with Gasteiger partial charge in [0.2, 0.25) is 0 Å². The van der Waals surface area contributed by atoms with E-state index >= 15 is 0 Å². The second-order valence-corrected chi connectivity index (χ2v) is 6.21. The summed E-state index contributed by atoms with van der Waals surface area (Å²) in [5.74, 6) is -0.000188. The third kappa shape index (κ3) is 4.30. The average Bonchev–Trinajstić information content (AvgIpc) is 2.65. The van der Waals surface area contributed by atoms with Gasteiger partial charge in [0.05, 0.1) is 11.8 Å². The quantitative estimate of drug-likeness (QED) is 0.811. The number of rotatable bonds is 6. The molecule has 1 atom stereocenters. The fourth-order valence-electron chi connectivity index (χ4n) is 2.52. The minimum Gasteiger partial charge on any atom is -0.366 e. The summed E-state index contributed by atoms with van der Waals surface area (Å²) in [5, 5.41) is 4.56. The Bertz CT molecular complexity index is 492. The first-order valence-corrected chi connectivity index (χ1v) is 7.60. The van der Waals surface area contributed by atoms with Crippen molar-refractivity contribution in [2.75, 3.05) is 7.05 Å². The van der Waals surface area contributed by atoms with Gasteiger partial charge in [-0.15, -0.1) is 0 Å². The maximum absolute atomic E-state index is 12.3. The van der Waals surface area contributed by atoms with Crippen molar-refractivity contribution in [2.45, 2.75) is 73.3 Å². The SMILES string of the molecule is Cc1nn(C(C)C)c(C)c1CN(C)C(=O)[C@H](C)OC(C)C. The summed E-state index contributed by atoms with van der Waals surface area (Å²) in [6.07, 6.45) is -0.375. The van der Waals surface area contributed by atoms with Gasteiger partial charge in [0.15, 0.2) is 0 Å². The molecule has 5 nitrogen and oxygen atoms in total. The van der Waals surface area contributed by atoms with E-state index < -0.39 is 6.10 Å². The Balaban J connectivity index is 2.84. The third-order valence-electron chi connectivity index (χ3n) is 3.56. The Morgan fingerprint density at radius 3 is 2.24 bits per heavy atom. The minimum atomic E-state index is -0.421. The molecule has 0 aliphatic rings. The lowest BCUT2D eigenvalue weighted by Gasteiger charge is -2.23. The highest BCUT2D eigenvalue weighted by Crippen LogP contribution is 2.19. The smallest absolute Gasteiger partial charge is 0.251 e. The molecule has 0 unspecified atom stereocenters. The Kier molecular flexibility index (Phi) is 5.96. The Labute approximate surface area is 128 Å². The van der Waals surface area contributed by atoms with Crippen molar-refractivity contribution in [3.8, 4) is 0 Å². The van der Waals surface area contributed by atoms with Crippen LogP contribution in [0, 0.1) is 13.8 Å². The van der Waals surface area contributed by atoms with Crippen LogP contribution in [0.25, 0.3) is 0 Å². The van der Waals surface area contributed by atoms with Crippen LogP contribution >= 0.6 is 0 Å². The van der Waals surface area contributed by atoms with E-state index in [4.69, 9.17) is 4.74 Å². The van der Waals surface area contributed by atoms with E-state index in [1.807, 2.05) is 32.5 Å². The Hall–Kier alpha value is -1.36. The number of nitrogens with zero attached hydrogens (tertiary/aromatic N) is 3. The topological polar surface area (TPSA) is 47.4 Å². The Morgan fingerprint density at radius 2 is 1.81 bits per heavy atom. The monoisotopic (exact) mass is 295 g/mol. The van der Waals surface area contributed by atoms with Gasteiger partial charge in [0.25, 0.3) is 5.91 Å². The van der Waals surface area contributed by atoms with Gasteiger partial charge in [0, 0.05) is 30.9 Å². The summed E-state index contributed by atoms with van der Waals surface area (Å²) < 4.78 is 7.57. The molecule has 1 aromatic rings. The van der Waals surface area contributed by atoms with E-state index in [9.17, 15) is 4.79 Å². The van der Waals surface area contributed by atoms with Gasteiger partial charge in [0.1, 0.15) is 6.10 Å². The lowest BCUT2D eigenvalue weighted by atomic mass is 10.1. The number of amides is 1. The average molecular weight is 295 g/mol. The maximum Gasteiger partial charge on any atom is 0.251 e. The summed E-state index contributed by atoms with van der Waals surface area (Å²) in [4.78, 5) is 14.0. The zero-order valence-electron chi connectivity index (χ0n) is 14.6. The number of carbonyl (C=O) groups is 1. The molecule has 0 bridgehead atoms. The van der Waals surface area contributed by atoms with Gasteiger partial charge in [-0.3, -0.25) is 9.48 Å². The first-order valence-electron chi connectivity index (χ1n) is 7.60. The number of hydrogen-bond acceptors (Lipinski definition) is 3. The van der Waals surface area contributed by atoms with Crippen molar-refractivity contribution < 1.29 is 9.53 Å². The van der Waals surface area contributed by atoms with Gasteiger partial charge >= 0.3 is 0 Å². The van der Waals surface area contributed by atoms with Crippen molar-refractivity contribution in [3.05, 3.63) is 17.0 Å². The molecule has 0 saturated carbocycles. The van der Waals surface area contributed by atoms with Crippen LogP contribution in [0.4, 0.5) is 0 Å². The maximum atomic E-state index is 12.3. The summed E-state index contributed by atoms with van der Waals surface area (Å²) >= 11 is 0. The van der Waals surface area contributed by atoms with Crippen molar-refractivity contribution >= 4 is 5.91 Å². The van der Waals surface area contributed by atoms with Crippen molar-refractivity contribution in [1.82, 2.24) is 14.7 Å². The molecule has 0 saturated heterocycles. The third-order valence-corrected chi connectivity index (χ3v) is 3.56. The van der Waals surface area contributed by atoms with Crippen LogP contribution in [0.3, 0.4) is 0 Å². The molecule has 1 amide bonds. The van der Waals surface area contributed by atoms with Crippen molar-refractivity contribution in [3.63, 3.8) is 0 Å². The highest BCUT2D eigenvalue weighted by atomic mass is 16.5. The molecule has 0 fully saturated rings. The zero-order chi connectivity index (χ0) is 16.3. The van der Waals surface area contributed by atoms with Crippen molar-refractivity contribution in [2.24, 2.45) is 0 Å². The number of likely N-dealkylation sites (N-methyl/N-ethyl adjacent to an activating group) is 1. The van der Waals surface area contributed by atoms with Crippen LogP contribution in [0.1, 0.15) is 57.6 Å². The zero-order valence-corrected chi connectivity index (χ0v) is 14.6. The molecule has 0 N–H and O–H groups in total. The Morgan fingerprint density at radius 1 is 1.24 bits per heavy atom. The fraction of sp³-hybridized carbons (Fsp3) is 0.750. The molecule has 5 heteroatoms. The highest BCUT2D eigenvalue weighted by molar-refractivity contribution is 5.80. The molecule has 21 heavy (non-hydrogen) atoms. The number of aryl methyl sites for hydroxylation is 1. The molecule has 0 aromatic carbocycles. The van der Waals surface area contributed by atoms with Gasteiger partial charge in [-0.1, -0.05) is 0 Å². The minimum absolute atomic E-state index is 0.000188. The number of aromatic nitrogens is 2. The summed E-state index contributed by atoms with van der Waals surface area (Å²) in [6, 6.07) is 0.321. The number of hydrogen-bond donors (Lipinski definition) is 0. The first-order chi connectivity index (χ1) is 9.65. The number of ether oxygens (including phenoxy) is 1. The number of carbonyl (C=O) groups excluding carboxylic acids is 1. The van der Waals surface area contributed by atoms with Crippen LogP contribution in [-0.4, -0.2) is 39.8 Å². The van der Waals surface area contributed by atoms with E-state index in [0.29, 0.717) is 12.6 Å². The molecule has 1 heterocycles. The largest absolute Gasteiger partial charge is 0.366 e. The van der Waals surface area contributed by atoms with Crippen LogP contribution in [0.5, 0.6) is 0 Å². The molecule has 0 aliphatic carbocycles. The summed E-state index contributed by atoms with van der Waals surface area (Å²) in [6.45, 7) is 14.5. The van der Waals surface area contributed by atoms with Gasteiger partial charge in [-0.2, -0.15) is 5.10 Å². The van der Waals surface area contributed by atoms with Crippen LogP contribution < -0.4 is 0 Å². The summed E-state index contributed by atoms with van der Waals surface area (Å²) in [5.41, 5.74) is 3.23. The standard InChI is InChI=1S/C16H29N3O2/c1-10(2)19-13(6)15(12(5)17-19)9-18(8)16(20)14(7)21-11(3)4/h10-11,14H,9H2,1-8H3/t14-/m0/s1. The molecule has 0 spiro atoms. The first kappa shape index (κ1) is 17.7. The lowest BCUT2D eigenvalue weighted by molar-refractivity contribution is -0.144. The van der Waals surface area contributed by atoms with E-state index in [1.165, 1.54) is 0 Å². The molecule has 0 aliphatic heterocycles. The fourth-order valence-corrected chi connectivity index (χ4v) is 2.52. The van der Waals surface area contributed by atoms with Gasteiger partial charge in [-0.25, -0.2) is 0 Å². The lowest BCUT2D eigenvalue weighted by Crippen LogP contribution is -2.37. The van der Waals surface area contributed by atoms with Gasteiger partial charge in [-0.05, 0) is 48.5 Å². The van der Waals surface area contributed by atoms with Gasteiger partial charge < -0.3 is 9.64 Å². The molecule has 1 rings (SSSR count). The molecule has 1 aromatic heterocycles. The van der Waals surface area contributed by atoms with Crippen LogP contribution in [-0.2, 0) is 16.1 Å². The second-order valence-electron chi connectivity index (χ2n) is 6.21. The van der Waals surface area contributed by atoms with Crippen molar-refractivity contribution in [1.29, 1.82) is 0 Å². The van der Waals surface area contributed by atoms with E-state index in [-0.39, 0.29) is 12.0 Å². The predicted octanol–water partition coefficient (Wildman–Crippen LogP) is 2.85. The van der Waals surface area contributed by atoms with Crippen LogP contribution in [0.15, 0.2) is 0 Å². The molecule has 0 radical (unpaired) electrons. The molecular weight excluding hydrogens is 266 g/mol. The van der Waals surface area contributed by atoms with E-state index in [2.05, 4.69) is 25.9 Å². The predicted molar refractivity (Wildman–Crippen MR) is 84.2 cm³/mol. The highest BCUT2D eigenvalue weighted by Gasteiger charge is 2.22.